The predicted octanol–water partition coefficient (Wildman–Crippen LogP) is 2.22. The summed E-state index contributed by atoms with van der Waals surface area (Å²) < 4.78 is 21.3. The highest BCUT2D eigenvalue weighted by atomic mass is 16.5. The van der Waals surface area contributed by atoms with Gasteiger partial charge in [-0.25, -0.2) is 0 Å². The number of rotatable bonds is 9. The van der Waals surface area contributed by atoms with E-state index >= 15 is 0 Å². The topological polar surface area (TPSA) is 109 Å². The zero-order chi connectivity index (χ0) is 19.8. The van der Waals surface area contributed by atoms with Crippen molar-refractivity contribution in [3.63, 3.8) is 0 Å². The SMILES string of the molecule is COc1cc(OC)c(C(=O)Nc2ccccc2OCCC(N)=O)cc1OC. The summed E-state index contributed by atoms with van der Waals surface area (Å²) in [7, 11) is 4.43. The Kier molecular flexibility index (Phi) is 6.87. The molecule has 27 heavy (non-hydrogen) atoms. The average molecular weight is 374 g/mol. The van der Waals surface area contributed by atoms with E-state index in [4.69, 9.17) is 24.7 Å². The Morgan fingerprint density at radius 1 is 0.926 bits per heavy atom. The molecule has 2 amide bonds. The average Bonchev–Trinajstić information content (AvgIpc) is 2.67. The summed E-state index contributed by atoms with van der Waals surface area (Å²) in [6.07, 6.45) is 0.0752. The van der Waals surface area contributed by atoms with E-state index in [1.807, 2.05) is 0 Å². The second-order valence-electron chi connectivity index (χ2n) is 5.42. The Morgan fingerprint density at radius 3 is 2.19 bits per heavy atom. The van der Waals surface area contributed by atoms with Crippen LogP contribution in [0.5, 0.6) is 23.0 Å². The zero-order valence-electron chi connectivity index (χ0n) is 15.4. The van der Waals surface area contributed by atoms with Gasteiger partial charge in [-0.15, -0.1) is 0 Å². The number of carbonyl (C=O) groups is 2. The fraction of sp³-hybridized carbons (Fsp3) is 0.263. The van der Waals surface area contributed by atoms with Crippen molar-refractivity contribution in [3.8, 4) is 23.0 Å². The van der Waals surface area contributed by atoms with Crippen molar-refractivity contribution >= 4 is 17.5 Å². The van der Waals surface area contributed by atoms with Gasteiger partial charge in [0.1, 0.15) is 11.5 Å². The molecule has 0 fully saturated rings. The summed E-state index contributed by atoms with van der Waals surface area (Å²) in [4.78, 5) is 23.6. The highest BCUT2D eigenvalue weighted by Crippen LogP contribution is 2.35. The van der Waals surface area contributed by atoms with Gasteiger partial charge < -0.3 is 30.0 Å². The molecular weight excluding hydrogens is 352 g/mol. The number of benzene rings is 2. The molecule has 0 saturated heterocycles. The number of para-hydroxylation sites is 2. The Balaban J connectivity index is 2.26. The van der Waals surface area contributed by atoms with Crippen LogP contribution in [-0.4, -0.2) is 39.8 Å². The van der Waals surface area contributed by atoms with E-state index in [9.17, 15) is 9.59 Å². The lowest BCUT2D eigenvalue weighted by atomic mass is 10.1. The molecule has 0 atom stereocenters. The lowest BCUT2D eigenvalue weighted by Gasteiger charge is -2.15. The third-order valence-corrected chi connectivity index (χ3v) is 3.69. The highest BCUT2D eigenvalue weighted by molar-refractivity contribution is 6.07. The first kappa shape index (κ1) is 19.9. The summed E-state index contributed by atoms with van der Waals surface area (Å²) in [5.74, 6) is 0.713. The normalized spacial score (nSPS) is 10.0. The van der Waals surface area contributed by atoms with Gasteiger partial charge in [-0.1, -0.05) is 12.1 Å². The molecule has 8 heteroatoms. The molecule has 3 N–H and O–H groups in total. The van der Waals surface area contributed by atoms with Crippen LogP contribution < -0.4 is 30.0 Å². The Morgan fingerprint density at radius 2 is 1.56 bits per heavy atom. The molecule has 0 heterocycles. The summed E-state index contributed by atoms with van der Waals surface area (Å²) in [5, 5.41) is 2.77. The minimum Gasteiger partial charge on any atom is -0.496 e. The predicted molar refractivity (Wildman–Crippen MR) is 99.8 cm³/mol. The molecule has 2 aromatic carbocycles. The van der Waals surface area contributed by atoms with Crippen LogP contribution in [0.4, 0.5) is 5.69 Å². The number of hydrogen-bond acceptors (Lipinski definition) is 6. The lowest BCUT2D eigenvalue weighted by molar-refractivity contribution is -0.118. The number of nitrogens with two attached hydrogens (primary N) is 1. The second kappa shape index (κ2) is 9.33. The number of methoxy groups -OCH3 is 3. The van der Waals surface area contributed by atoms with Crippen molar-refractivity contribution < 1.29 is 28.5 Å². The van der Waals surface area contributed by atoms with Gasteiger partial charge in [-0.2, -0.15) is 0 Å². The van der Waals surface area contributed by atoms with E-state index in [1.54, 1.807) is 30.3 Å². The van der Waals surface area contributed by atoms with Gasteiger partial charge in [0.2, 0.25) is 5.91 Å². The van der Waals surface area contributed by atoms with E-state index < -0.39 is 11.8 Å². The first-order chi connectivity index (χ1) is 13.0. The number of ether oxygens (including phenoxy) is 4. The Hall–Kier alpha value is -3.42. The van der Waals surface area contributed by atoms with E-state index in [0.29, 0.717) is 28.7 Å². The number of hydrogen-bond donors (Lipinski definition) is 2. The van der Waals surface area contributed by atoms with Crippen LogP contribution in [0.15, 0.2) is 36.4 Å². The van der Waals surface area contributed by atoms with E-state index in [1.165, 1.54) is 27.4 Å². The van der Waals surface area contributed by atoms with Crippen LogP contribution in [0, 0.1) is 0 Å². The maximum atomic E-state index is 12.8. The standard InChI is InChI=1S/C19H22N2O6/c1-24-15-11-17(26-3)16(25-2)10-12(15)19(23)21-13-6-4-5-7-14(13)27-9-8-18(20)22/h4-7,10-11H,8-9H2,1-3H3,(H2,20,22)(H,21,23). The minimum absolute atomic E-state index is 0.0752. The summed E-state index contributed by atoms with van der Waals surface area (Å²) in [5.41, 5.74) is 5.82. The summed E-state index contributed by atoms with van der Waals surface area (Å²) in [6.45, 7) is 0.113. The fourth-order valence-corrected chi connectivity index (χ4v) is 2.35. The van der Waals surface area contributed by atoms with E-state index in [2.05, 4.69) is 5.32 Å². The van der Waals surface area contributed by atoms with Gasteiger partial charge in [0.05, 0.1) is 45.6 Å². The number of amides is 2. The highest BCUT2D eigenvalue weighted by Gasteiger charge is 2.19. The molecule has 0 aliphatic carbocycles. The maximum Gasteiger partial charge on any atom is 0.259 e. The Bertz CT molecular complexity index is 822. The fourth-order valence-electron chi connectivity index (χ4n) is 2.35. The van der Waals surface area contributed by atoms with Crippen LogP contribution in [0.1, 0.15) is 16.8 Å². The van der Waals surface area contributed by atoms with Gasteiger partial charge in [-0.3, -0.25) is 9.59 Å². The molecular formula is C19H22N2O6. The van der Waals surface area contributed by atoms with Crippen molar-refractivity contribution in [1.29, 1.82) is 0 Å². The van der Waals surface area contributed by atoms with Gasteiger partial charge in [0, 0.05) is 12.1 Å². The molecule has 0 radical (unpaired) electrons. The molecule has 144 valence electrons. The van der Waals surface area contributed by atoms with E-state index in [-0.39, 0.29) is 18.6 Å². The van der Waals surface area contributed by atoms with Gasteiger partial charge in [-0.05, 0) is 12.1 Å². The molecule has 0 unspecified atom stereocenters. The summed E-state index contributed by atoms with van der Waals surface area (Å²) in [6, 6.07) is 9.98. The Labute approximate surface area is 157 Å². The van der Waals surface area contributed by atoms with Crippen molar-refractivity contribution in [3.05, 3.63) is 42.0 Å². The quantitative estimate of drug-likeness (QED) is 0.697. The monoisotopic (exact) mass is 374 g/mol. The summed E-state index contributed by atoms with van der Waals surface area (Å²) >= 11 is 0. The van der Waals surface area contributed by atoms with Gasteiger partial charge >= 0.3 is 0 Å². The molecule has 0 spiro atoms. The zero-order valence-corrected chi connectivity index (χ0v) is 15.4. The largest absolute Gasteiger partial charge is 0.496 e. The smallest absolute Gasteiger partial charge is 0.259 e. The van der Waals surface area contributed by atoms with Crippen LogP contribution in [0.25, 0.3) is 0 Å². The molecule has 0 bridgehead atoms. The molecule has 0 aliphatic rings. The van der Waals surface area contributed by atoms with Crippen LogP contribution >= 0.6 is 0 Å². The van der Waals surface area contributed by atoms with Crippen molar-refractivity contribution in [2.45, 2.75) is 6.42 Å². The second-order valence-corrected chi connectivity index (χ2v) is 5.42. The molecule has 0 aromatic heterocycles. The van der Waals surface area contributed by atoms with Crippen LogP contribution in [0.2, 0.25) is 0 Å². The number of anilines is 1. The van der Waals surface area contributed by atoms with Crippen LogP contribution in [0.3, 0.4) is 0 Å². The third-order valence-electron chi connectivity index (χ3n) is 3.69. The maximum absolute atomic E-state index is 12.8. The molecule has 0 saturated carbocycles. The first-order valence-electron chi connectivity index (χ1n) is 8.11. The van der Waals surface area contributed by atoms with Crippen molar-refractivity contribution in [2.24, 2.45) is 5.73 Å². The van der Waals surface area contributed by atoms with Crippen molar-refractivity contribution in [1.82, 2.24) is 0 Å². The molecule has 2 aromatic rings. The van der Waals surface area contributed by atoms with Gasteiger partial charge in [0.25, 0.3) is 5.91 Å². The van der Waals surface area contributed by atoms with Gasteiger partial charge in [0.15, 0.2) is 11.5 Å². The number of primary amides is 1. The molecule has 8 nitrogen and oxygen atoms in total. The lowest BCUT2D eigenvalue weighted by Crippen LogP contribution is -2.16. The molecule has 2 rings (SSSR count). The third kappa shape index (κ3) is 5.04. The van der Waals surface area contributed by atoms with Crippen LogP contribution in [-0.2, 0) is 4.79 Å². The first-order valence-corrected chi connectivity index (χ1v) is 8.11. The van der Waals surface area contributed by atoms with Crippen molar-refractivity contribution in [2.75, 3.05) is 33.3 Å². The van der Waals surface area contributed by atoms with E-state index in [0.717, 1.165) is 0 Å². The number of carbonyl (C=O) groups excluding carboxylic acids is 2. The minimum atomic E-state index is -0.466. The molecule has 0 aliphatic heterocycles. The number of nitrogens with one attached hydrogen (secondary N) is 1.